The zero-order valence-corrected chi connectivity index (χ0v) is 25.5. The van der Waals surface area contributed by atoms with Crippen molar-refractivity contribution in [1.82, 2.24) is 0 Å². The molecule has 0 radical (unpaired) electrons. The van der Waals surface area contributed by atoms with Gasteiger partial charge >= 0.3 is 23.9 Å². The lowest BCUT2D eigenvalue weighted by Crippen LogP contribution is -2.39. The van der Waals surface area contributed by atoms with Gasteiger partial charge in [0, 0.05) is 6.42 Å². The van der Waals surface area contributed by atoms with E-state index in [-0.39, 0.29) is 41.6 Å². The molecule has 40 heavy (non-hydrogen) atoms. The summed E-state index contributed by atoms with van der Waals surface area (Å²) in [6, 6.07) is 3.74. The van der Waals surface area contributed by atoms with Crippen molar-refractivity contribution in [3.05, 3.63) is 23.8 Å². The molecule has 9 nitrogen and oxygen atoms in total. The van der Waals surface area contributed by atoms with Crippen molar-refractivity contribution < 1.29 is 38.1 Å². The number of ether oxygens (including phenoxy) is 4. The predicted octanol–water partition coefficient (Wildman–Crippen LogP) is 5.54. The van der Waals surface area contributed by atoms with Gasteiger partial charge in [0.05, 0.1) is 11.8 Å². The van der Waals surface area contributed by atoms with Crippen LogP contribution in [0.2, 0.25) is 0 Å². The number of benzene rings is 1. The second-order valence-electron chi connectivity index (χ2n) is 10.9. The molecule has 0 spiro atoms. The average molecular weight is 564 g/mol. The molecule has 0 aliphatic heterocycles. The molecule has 0 heterocycles. The fourth-order valence-electron chi connectivity index (χ4n) is 3.85. The first-order chi connectivity index (χ1) is 18.8. The summed E-state index contributed by atoms with van der Waals surface area (Å²) in [6.45, 7) is 14.8. The summed E-state index contributed by atoms with van der Waals surface area (Å²) in [5.41, 5.74) is 6.73. The molecule has 2 N–H and O–H groups in total. The molecule has 0 amide bonds. The predicted molar refractivity (Wildman–Crippen MR) is 153 cm³/mol. The number of carbonyl (C=O) groups is 4. The van der Waals surface area contributed by atoms with Gasteiger partial charge in [-0.3, -0.25) is 19.2 Å². The van der Waals surface area contributed by atoms with Crippen molar-refractivity contribution in [3.63, 3.8) is 0 Å². The van der Waals surface area contributed by atoms with Gasteiger partial charge in [0.1, 0.15) is 18.2 Å². The van der Waals surface area contributed by atoms with Crippen molar-refractivity contribution in [2.24, 2.45) is 23.5 Å². The zero-order chi connectivity index (χ0) is 30.4. The van der Waals surface area contributed by atoms with Crippen LogP contribution in [-0.4, -0.2) is 42.1 Å². The topological polar surface area (TPSA) is 131 Å². The lowest BCUT2D eigenvalue weighted by Gasteiger charge is -2.23. The van der Waals surface area contributed by atoms with Crippen LogP contribution in [0, 0.1) is 17.8 Å². The Bertz CT molecular complexity index is 978. The third-order valence-corrected chi connectivity index (χ3v) is 6.93. The van der Waals surface area contributed by atoms with Crippen LogP contribution < -0.4 is 15.2 Å². The molecule has 3 unspecified atom stereocenters. The third kappa shape index (κ3) is 12.1. The van der Waals surface area contributed by atoms with Crippen LogP contribution >= 0.6 is 0 Å². The van der Waals surface area contributed by atoms with Gasteiger partial charge in [0.15, 0.2) is 11.5 Å². The monoisotopic (exact) mass is 563 g/mol. The van der Waals surface area contributed by atoms with Gasteiger partial charge in [0.2, 0.25) is 0 Å². The normalized spacial score (nSPS) is 15.6. The van der Waals surface area contributed by atoms with E-state index in [1.54, 1.807) is 45.9 Å². The smallest absolute Gasteiger partial charge is 0.323 e. The van der Waals surface area contributed by atoms with E-state index < -0.39 is 36.2 Å². The number of nitrogens with two attached hydrogens (primary N) is 1. The largest absolute Gasteiger partial charge is 0.459 e. The Hall–Kier alpha value is -2.94. The van der Waals surface area contributed by atoms with Gasteiger partial charge in [-0.1, -0.05) is 66.9 Å². The first kappa shape index (κ1) is 35.1. The van der Waals surface area contributed by atoms with Crippen molar-refractivity contribution in [1.29, 1.82) is 0 Å². The number of hydrogen-bond donors (Lipinski definition) is 1. The van der Waals surface area contributed by atoms with E-state index in [0.717, 1.165) is 19.3 Å². The fourth-order valence-corrected chi connectivity index (χ4v) is 3.85. The first-order valence-electron chi connectivity index (χ1n) is 14.5. The average Bonchev–Trinajstić information content (AvgIpc) is 2.89. The highest BCUT2D eigenvalue weighted by molar-refractivity contribution is 5.79. The summed E-state index contributed by atoms with van der Waals surface area (Å²) in [4.78, 5) is 50.0. The van der Waals surface area contributed by atoms with Crippen LogP contribution in [-0.2, 0) is 35.1 Å². The maximum atomic E-state index is 12.7. The second-order valence-corrected chi connectivity index (χ2v) is 10.9. The van der Waals surface area contributed by atoms with Crippen LogP contribution in [0.15, 0.2) is 18.2 Å². The molecule has 1 aromatic rings. The Morgan fingerprint density at radius 3 is 1.80 bits per heavy atom. The number of rotatable bonds is 17. The number of hydrogen-bond acceptors (Lipinski definition) is 9. The Balaban J connectivity index is 2.96. The van der Waals surface area contributed by atoms with Crippen LogP contribution in [0.1, 0.15) is 99.5 Å². The molecular formula is C31H49NO8. The lowest BCUT2D eigenvalue weighted by atomic mass is 10.0. The van der Waals surface area contributed by atoms with Crippen LogP contribution in [0.5, 0.6) is 11.5 Å². The molecule has 0 aliphatic carbocycles. The Kier molecular flexibility index (Phi) is 15.5. The molecule has 0 fully saturated rings. The second kappa shape index (κ2) is 17.7. The maximum absolute atomic E-state index is 12.7. The van der Waals surface area contributed by atoms with E-state index in [2.05, 4.69) is 0 Å². The van der Waals surface area contributed by atoms with Gasteiger partial charge in [-0.25, -0.2) is 0 Å². The molecule has 0 saturated carbocycles. The fraction of sp³-hybridized carbons (Fsp3) is 0.677. The highest BCUT2D eigenvalue weighted by Crippen LogP contribution is 2.31. The van der Waals surface area contributed by atoms with Gasteiger partial charge in [-0.2, -0.15) is 0 Å². The van der Waals surface area contributed by atoms with E-state index in [1.165, 1.54) is 0 Å². The summed E-state index contributed by atoms with van der Waals surface area (Å²) >= 11 is 0. The Morgan fingerprint density at radius 1 is 0.750 bits per heavy atom. The Labute approximate surface area is 239 Å². The molecule has 0 aliphatic rings. The minimum atomic E-state index is -1.02. The van der Waals surface area contributed by atoms with Gasteiger partial charge in [-0.15, -0.1) is 0 Å². The summed E-state index contributed by atoms with van der Waals surface area (Å²) in [5, 5.41) is 0. The van der Waals surface area contributed by atoms with Crippen molar-refractivity contribution >= 4 is 23.9 Å². The molecule has 1 aromatic carbocycles. The quantitative estimate of drug-likeness (QED) is 0.192. The lowest BCUT2D eigenvalue weighted by molar-refractivity contribution is -0.166. The molecular weight excluding hydrogens is 514 g/mol. The SMILES string of the molecule is CCCC(C)C(=O)Oc1ccc(C[C@H](N)C(=O)O[C@@H](C)[C@H](C)OC(=O)CC(C)CC)cc1OC(=O)C(C)CCC. The first-order valence-corrected chi connectivity index (χ1v) is 14.5. The standard InChI is InChI=1S/C31H49NO8/c1-9-12-20(5)29(34)39-26-15-14-24(18-27(26)40-30(35)21(6)13-10-2)17-25(32)31(36)38-23(8)22(7)37-28(33)16-19(4)11-3/h14-15,18-23,25H,9-13,16-17,32H2,1-8H3/t19?,20?,21?,22-,23-,25-/m0/s1. The molecule has 1 rings (SSSR count). The molecule has 226 valence electrons. The third-order valence-electron chi connectivity index (χ3n) is 6.93. The molecule has 0 aromatic heterocycles. The Morgan fingerprint density at radius 2 is 1.27 bits per heavy atom. The van der Waals surface area contributed by atoms with Crippen LogP contribution in [0.25, 0.3) is 0 Å². The van der Waals surface area contributed by atoms with Gasteiger partial charge < -0.3 is 24.7 Å². The molecule has 0 bridgehead atoms. The number of carbonyl (C=O) groups excluding carboxylic acids is 4. The number of esters is 4. The van der Waals surface area contributed by atoms with E-state index in [4.69, 9.17) is 24.7 Å². The van der Waals surface area contributed by atoms with Gasteiger partial charge in [0.25, 0.3) is 0 Å². The van der Waals surface area contributed by atoms with Crippen LogP contribution in [0.4, 0.5) is 0 Å². The van der Waals surface area contributed by atoms with Crippen molar-refractivity contribution in [3.8, 4) is 11.5 Å². The van der Waals surface area contributed by atoms with Gasteiger partial charge in [-0.05, 0) is 56.7 Å². The van der Waals surface area contributed by atoms with E-state index in [0.29, 0.717) is 24.8 Å². The van der Waals surface area contributed by atoms with Crippen LogP contribution in [0.3, 0.4) is 0 Å². The highest BCUT2D eigenvalue weighted by Gasteiger charge is 2.26. The summed E-state index contributed by atoms with van der Waals surface area (Å²) in [7, 11) is 0. The van der Waals surface area contributed by atoms with E-state index in [1.807, 2.05) is 27.7 Å². The maximum Gasteiger partial charge on any atom is 0.323 e. The van der Waals surface area contributed by atoms with E-state index in [9.17, 15) is 19.2 Å². The van der Waals surface area contributed by atoms with Crippen molar-refractivity contribution in [2.75, 3.05) is 0 Å². The van der Waals surface area contributed by atoms with E-state index >= 15 is 0 Å². The molecule has 0 saturated heterocycles. The molecule has 9 heteroatoms. The summed E-state index contributed by atoms with van der Waals surface area (Å²) in [5.74, 6) is -2.06. The highest BCUT2D eigenvalue weighted by atomic mass is 16.6. The molecule has 6 atom stereocenters. The van der Waals surface area contributed by atoms with Crippen molar-refractivity contribution in [2.45, 2.75) is 119 Å². The summed E-state index contributed by atoms with van der Waals surface area (Å²) in [6.07, 6.45) is 2.90. The minimum Gasteiger partial charge on any atom is -0.459 e. The minimum absolute atomic E-state index is 0.0866. The zero-order valence-electron chi connectivity index (χ0n) is 25.5. The summed E-state index contributed by atoms with van der Waals surface area (Å²) < 4.78 is 22.1.